The van der Waals surface area contributed by atoms with Gasteiger partial charge in [-0.25, -0.2) is 21.6 Å². The Kier molecular flexibility index (Phi) is 7.80. The largest absolute Gasteiger partial charge is 0.480 e. The van der Waals surface area contributed by atoms with Crippen molar-refractivity contribution in [3.63, 3.8) is 0 Å². The topological polar surface area (TPSA) is 130 Å². The van der Waals surface area contributed by atoms with Crippen molar-refractivity contribution in [1.82, 2.24) is 9.44 Å². The van der Waals surface area contributed by atoms with Crippen LogP contribution in [-0.2, 0) is 31.3 Å². The van der Waals surface area contributed by atoms with E-state index in [1.54, 1.807) is 13.0 Å². The van der Waals surface area contributed by atoms with Crippen LogP contribution in [-0.4, -0.2) is 46.3 Å². The molecule has 138 valence electrons. The van der Waals surface area contributed by atoms with Crippen LogP contribution >= 0.6 is 11.3 Å². The Labute approximate surface area is 146 Å². The Morgan fingerprint density at radius 1 is 1.25 bits per heavy atom. The van der Waals surface area contributed by atoms with Crippen molar-refractivity contribution in [1.29, 1.82) is 0 Å². The zero-order valence-corrected chi connectivity index (χ0v) is 15.9. The number of nitrogens with one attached hydrogen (secondary N) is 2. The van der Waals surface area contributed by atoms with Crippen LogP contribution in [0.15, 0.2) is 16.3 Å². The minimum absolute atomic E-state index is 0.0122. The second-order valence-electron chi connectivity index (χ2n) is 5.07. The number of thiophene rings is 1. The highest BCUT2D eigenvalue weighted by Crippen LogP contribution is 2.22. The lowest BCUT2D eigenvalue weighted by atomic mass is 10.2. The van der Waals surface area contributed by atoms with Crippen LogP contribution in [0.1, 0.15) is 31.6 Å². The first-order valence-corrected chi connectivity index (χ1v) is 11.4. The molecule has 0 saturated carbocycles. The number of hydrogen-bond acceptors (Lipinski definition) is 6. The smallest absolute Gasteiger partial charge is 0.321 e. The molecule has 0 fully saturated rings. The van der Waals surface area contributed by atoms with Gasteiger partial charge in [-0.3, -0.25) is 4.79 Å². The molecule has 0 amide bonds. The summed E-state index contributed by atoms with van der Waals surface area (Å²) in [4.78, 5) is 11.8. The van der Waals surface area contributed by atoms with Gasteiger partial charge in [-0.05, 0) is 31.9 Å². The summed E-state index contributed by atoms with van der Waals surface area (Å²) in [5.74, 6) is -1.24. The standard InChI is InChI=1S/C13H22N2O6S3/c1-3-5-11(13(16)17)15-24(20,21)12-7-6-10(22-12)8-9-14-23(18,19)4-2/h6-7,11,14-15H,3-5,8-9H2,1-2H3,(H,16,17). The molecule has 0 radical (unpaired) electrons. The Hall–Kier alpha value is -1.01. The molecule has 0 saturated heterocycles. The van der Waals surface area contributed by atoms with Crippen molar-refractivity contribution in [2.24, 2.45) is 0 Å². The van der Waals surface area contributed by atoms with E-state index in [4.69, 9.17) is 5.11 Å². The quantitative estimate of drug-likeness (QED) is 0.505. The van der Waals surface area contributed by atoms with E-state index in [0.717, 1.165) is 11.3 Å². The molecule has 0 spiro atoms. The molecule has 0 aliphatic rings. The SMILES string of the molecule is CCCC(NS(=O)(=O)c1ccc(CCNS(=O)(=O)CC)s1)C(=O)O. The summed E-state index contributed by atoms with van der Waals surface area (Å²) >= 11 is 0.992. The molecule has 24 heavy (non-hydrogen) atoms. The number of hydrogen-bond donors (Lipinski definition) is 3. The number of sulfonamides is 2. The van der Waals surface area contributed by atoms with Crippen LogP contribution in [0.5, 0.6) is 0 Å². The van der Waals surface area contributed by atoms with E-state index in [0.29, 0.717) is 17.7 Å². The monoisotopic (exact) mass is 398 g/mol. The van der Waals surface area contributed by atoms with Gasteiger partial charge in [0.15, 0.2) is 0 Å². The van der Waals surface area contributed by atoms with E-state index in [1.165, 1.54) is 13.0 Å². The van der Waals surface area contributed by atoms with E-state index >= 15 is 0 Å². The van der Waals surface area contributed by atoms with Crippen molar-refractivity contribution in [2.75, 3.05) is 12.3 Å². The van der Waals surface area contributed by atoms with Gasteiger partial charge in [-0.15, -0.1) is 11.3 Å². The molecule has 1 aromatic rings. The van der Waals surface area contributed by atoms with Gasteiger partial charge in [0.2, 0.25) is 10.0 Å². The first-order chi connectivity index (χ1) is 11.1. The Morgan fingerprint density at radius 2 is 1.92 bits per heavy atom. The van der Waals surface area contributed by atoms with Crippen LogP contribution < -0.4 is 9.44 Å². The van der Waals surface area contributed by atoms with Crippen LogP contribution in [0.25, 0.3) is 0 Å². The number of rotatable bonds is 11. The van der Waals surface area contributed by atoms with E-state index in [1.807, 2.05) is 0 Å². The molecule has 1 unspecified atom stereocenters. The van der Waals surface area contributed by atoms with Gasteiger partial charge in [-0.2, -0.15) is 4.72 Å². The van der Waals surface area contributed by atoms with E-state index in [9.17, 15) is 21.6 Å². The molecule has 3 N–H and O–H groups in total. The molecule has 1 aromatic heterocycles. The molecule has 0 bridgehead atoms. The Morgan fingerprint density at radius 3 is 2.46 bits per heavy atom. The lowest BCUT2D eigenvalue weighted by Crippen LogP contribution is -2.40. The van der Waals surface area contributed by atoms with Gasteiger partial charge < -0.3 is 5.11 Å². The highest BCUT2D eigenvalue weighted by molar-refractivity contribution is 7.91. The number of carbonyl (C=O) groups is 1. The summed E-state index contributed by atoms with van der Waals surface area (Å²) in [6, 6.07) is 1.82. The van der Waals surface area contributed by atoms with Crippen LogP contribution in [0.4, 0.5) is 0 Å². The molecule has 1 rings (SSSR count). The van der Waals surface area contributed by atoms with Crippen molar-refractivity contribution in [3.05, 3.63) is 17.0 Å². The lowest BCUT2D eigenvalue weighted by molar-refractivity contribution is -0.139. The maximum atomic E-state index is 12.2. The van der Waals surface area contributed by atoms with E-state index in [-0.39, 0.29) is 22.9 Å². The zero-order chi connectivity index (χ0) is 18.4. The summed E-state index contributed by atoms with van der Waals surface area (Å²) in [5, 5.41) is 9.05. The maximum Gasteiger partial charge on any atom is 0.321 e. The molecule has 1 atom stereocenters. The second kappa shape index (κ2) is 8.90. The number of carboxylic acid groups (broad SMARTS) is 1. The summed E-state index contributed by atoms with van der Waals surface area (Å²) in [6.07, 6.45) is 1.09. The molecule has 0 aliphatic heterocycles. The molecular weight excluding hydrogens is 376 g/mol. The van der Waals surface area contributed by atoms with Gasteiger partial charge in [0.1, 0.15) is 10.3 Å². The van der Waals surface area contributed by atoms with Crippen molar-refractivity contribution in [2.45, 2.75) is 43.4 Å². The fourth-order valence-corrected chi connectivity index (χ4v) is 5.05. The van der Waals surface area contributed by atoms with Crippen molar-refractivity contribution < 1.29 is 26.7 Å². The van der Waals surface area contributed by atoms with Crippen LogP contribution in [0.2, 0.25) is 0 Å². The summed E-state index contributed by atoms with van der Waals surface area (Å²) in [6.45, 7) is 3.47. The minimum atomic E-state index is -3.91. The third-order valence-corrected chi connectivity index (χ3v) is 7.66. The van der Waals surface area contributed by atoms with Gasteiger partial charge in [-0.1, -0.05) is 13.3 Å². The lowest BCUT2D eigenvalue weighted by Gasteiger charge is -2.12. The summed E-state index contributed by atoms with van der Waals surface area (Å²) in [5.41, 5.74) is 0. The van der Waals surface area contributed by atoms with Crippen LogP contribution in [0.3, 0.4) is 0 Å². The summed E-state index contributed by atoms with van der Waals surface area (Å²) < 4.78 is 51.7. The second-order valence-corrected chi connectivity index (χ2v) is 10.3. The fourth-order valence-electron chi connectivity index (χ4n) is 1.84. The highest BCUT2D eigenvalue weighted by atomic mass is 32.2. The highest BCUT2D eigenvalue weighted by Gasteiger charge is 2.25. The molecular formula is C13H22N2O6S3. The van der Waals surface area contributed by atoms with Crippen LogP contribution in [0, 0.1) is 0 Å². The minimum Gasteiger partial charge on any atom is -0.480 e. The average Bonchev–Trinajstić information content (AvgIpc) is 2.96. The first-order valence-electron chi connectivity index (χ1n) is 7.42. The molecule has 8 nitrogen and oxygen atoms in total. The normalized spacial score (nSPS) is 13.8. The Bertz CT molecular complexity index is 754. The third kappa shape index (κ3) is 6.48. The number of carboxylic acids is 1. The third-order valence-electron chi connectivity index (χ3n) is 3.15. The van der Waals surface area contributed by atoms with E-state index in [2.05, 4.69) is 9.44 Å². The molecule has 11 heteroatoms. The maximum absolute atomic E-state index is 12.2. The fraction of sp³-hybridized carbons (Fsp3) is 0.615. The molecule has 0 aliphatic carbocycles. The number of aliphatic carboxylic acids is 1. The van der Waals surface area contributed by atoms with Gasteiger partial charge in [0.25, 0.3) is 10.0 Å². The Balaban J connectivity index is 2.74. The zero-order valence-electron chi connectivity index (χ0n) is 13.5. The molecule has 0 aromatic carbocycles. The van der Waals surface area contributed by atoms with Gasteiger partial charge >= 0.3 is 5.97 Å². The van der Waals surface area contributed by atoms with Gasteiger partial charge in [0, 0.05) is 11.4 Å². The molecule has 1 heterocycles. The summed E-state index contributed by atoms with van der Waals surface area (Å²) in [7, 11) is -7.20. The van der Waals surface area contributed by atoms with Crippen molar-refractivity contribution in [3.8, 4) is 0 Å². The predicted molar refractivity (Wildman–Crippen MR) is 92.1 cm³/mol. The van der Waals surface area contributed by atoms with Crippen molar-refractivity contribution >= 4 is 37.4 Å². The van der Waals surface area contributed by atoms with Gasteiger partial charge in [0.05, 0.1) is 5.75 Å². The first kappa shape index (κ1) is 21.0. The van der Waals surface area contributed by atoms with E-state index < -0.39 is 32.1 Å². The predicted octanol–water partition coefficient (Wildman–Crippen LogP) is 0.762. The average molecular weight is 399 g/mol.